The minimum absolute atomic E-state index is 0.0576. The molecule has 1 aliphatic rings. The molecule has 0 bridgehead atoms. The van der Waals surface area contributed by atoms with Crippen LogP contribution in [0.15, 0.2) is 0 Å². The van der Waals surface area contributed by atoms with Gasteiger partial charge in [0.05, 0.1) is 38.6 Å². The van der Waals surface area contributed by atoms with Gasteiger partial charge >= 0.3 is 17.9 Å². The van der Waals surface area contributed by atoms with Crippen LogP contribution in [-0.2, 0) is 42.8 Å². The standard InChI is InChI=1S/C24H42O9/c1-21(2,17(26)29-10)13-16-31-19(22(3,4)12-15(25)28-9)33-20(32-16)24(7,8)14-23(5,6)18(27)30-11/h16,19-20H,12-14H2,1-11H3. The van der Waals surface area contributed by atoms with E-state index in [0.717, 1.165) is 0 Å². The van der Waals surface area contributed by atoms with Gasteiger partial charge in [-0.25, -0.2) is 0 Å². The molecule has 0 aliphatic carbocycles. The van der Waals surface area contributed by atoms with Crippen LogP contribution in [0.2, 0.25) is 0 Å². The third kappa shape index (κ3) is 7.65. The van der Waals surface area contributed by atoms with E-state index < -0.39 is 52.5 Å². The Balaban J connectivity index is 3.26. The SMILES string of the molecule is COC(=O)CC(C)(C)C1OC(CC(C)(C)C(=O)OC)OC(C(C)(C)CC(C)(C)C(=O)OC)O1. The highest BCUT2D eigenvalue weighted by molar-refractivity contribution is 5.76. The number of esters is 3. The Bertz CT molecular complexity index is 709. The van der Waals surface area contributed by atoms with E-state index in [1.807, 2.05) is 27.7 Å². The van der Waals surface area contributed by atoms with E-state index in [0.29, 0.717) is 6.42 Å². The molecule has 1 heterocycles. The van der Waals surface area contributed by atoms with Gasteiger partial charge in [-0.1, -0.05) is 27.7 Å². The number of hydrogen-bond acceptors (Lipinski definition) is 9. The zero-order valence-corrected chi connectivity index (χ0v) is 22.0. The highest BCUT2D eigenvalue weighted by Gasteiger charge is 2.50. The van der Waals surface area contributed by atoms with Crippen molar-refractivity contribution in [2.75, 3.05) is 21.3 Å². The summed E-state index contributed by atoms with van der Waals surface area (Å²) in [7, 11) is 4.01. The Morgan fingerprint density at radius 3 is 1.58 bits per heavy atom. The molecular formula is C24H42O9. The van der Waals surface area contributed by atoms with Gasteiger partial charge in [0.15, 0.2) is 18.9 Å². The van der Waals surface area contributed by atoms with Gasteiger partial charge in [-0.05, 0) is 34.1 Å². The molecule has 0 radical (unpaired) electrons. The lowest BCUT2D eigenvalue weighted by atomic mass is 9.74. The van der Waals surface area contributed by atoms with Crippen LogP contribution in [0.3, 0.4) is 0 Å². The molecule has 1 aliphatic heterocycles. The Morgan fingerprint density at radius 1 is 0.667 bits per heavy atom. The number of rotatable bonds is 10. The summed E-state index contributed by atoms with van der Waals surface area (Å²) >= 11 is 0. The van der Waals surface area contributed by atoms with Crippen LogP contribution >= 0.6 is 0 Å². The first-order valence-corrected chi connectivity index (χ1v) is 11.1. The van der Waals surface area contributed by atoms with Crippen molar-refractivity contribution in [3.05, 3.63) is 0 Å². The number of ether oxygens (including phenoxy) is 6. The van der Waals surface area contributed by atoms with Gasteiger partial charge in [0, 0.05) is 17.3 Å². The number of carbonyl (C=O) groups excluding carboxylic acids is 3. The quantitative estimate of drug-likeness (QED) is 0.345. The molecule has 3 atom stereocenters. The number of methoxy groups -OCH3 is 3. The molecule has 1 saturated heterocycles. The molecule has 33 heavy (non-hydrogen) atoms. The van der Waals surface area contributed by atoms with Gasteiger partial charge < -0.3 is 28.4 Å². The largest absolute Gasteiger partial charge is 0.469 e. The smallest absolute Gasteiger partial charge is 0.311 e. The predicted octanol–water partition coefficient (Wildman–Crippen LogP) is 3.82. The molecule has 0 aromatic carbocycles. The monoisotopic (exact) mass is 474 g/mol. The van der Waals surface area contributed by atoms with Crippen molar-refractivity contribution in [1.82, 2.24) is 0 Å². The number of hydrogen-bond donors (Lipinski definition) is 0. The van der Waals surface area contributed by atoms with E-state index in [-0.39, 0.29) is 18.8 Å². The summed E-state index contributed by atoms with van der Waals surface area (Å²) in [4.78, 5) is 36.6. The van der Waals surface area contributed by atoms with Crippen molar-refractivity contribution in [3.63, 3.8) is 0 Å². The molecular weight excluding hydrogens is 432 g/mol. The van der Waals surface area contributed by atoms with Crippen LogP contribution in [0.5, 0.6) is 0 Å². The first-order chi connectivity index (χ1) is 14.9. The van der Waals surface area contributed by atoms with Crippen molar-refractivity contribution in [2.24, 2.45) is 21.7 Å². The molecule has 9 nitrogen and oxygen atoms in total. The molecule has 9 heteroatoms. The fourth-order valence-electron chi connectivity index (χ4n) is 4.19. The average Bonchev–Trinajstić information content (AvgIpc) is 2.70. The molecule has 1 rings (SSSR count). The van der Waals surface area contributed by atoms with Crippen LogP contribution in [0.1, 0.15) is 74.7 Å². The maximum atomic E-state index is 12.3. The Labute approximate surface area is 197 Å². The van der Waals surface area contributed by atoms with E-state index in [4.69, 9.17) is 28.4 Å². The Kier molecular flexibility index (Phi) is 9.50. The first-order valence-electron chi connectivity index (χ1n) is 11.1. The van der Waals surface area contributed by atoms with Gasteiger partial charge in [0.2, 0.25) is 0 Å². The van der Waals surface area contributed by atoms with Crippen LogP contribution in [0, 0.1) is 21.7 Å². The van der Waals surface area contributed by atoms with Gasteiger partial charge in [-0.15, -0.1) is 0 Å². The Hall–Kier alpha value is -1.71. The van der Waals surface area contributed by atoms with E-state index in [9.17, 15) is 14.4 Å². The Morgan fingerprint density at radius 2 is 1.12 bits per heavy atom. The second-order valence-electron chi connectivity index (χ2n) is 11.4. The van der Waals surface area contributed by atoms with Crippen LogP contribution in [0.4, 0.5) is 0 Å². The summed E-state index contributed by atoms with van der Waals surface area (Å²) in [5, 5.41) is 0. The second-order valence-corrected chi connectivity index (χ2v) is 11.4. The number of carbonyl (C=O) groups is 3. The molecule has 3 unspecified atom stereocenters. The summed E-state index contributed by atoms with van der Waals surface area (Å²) in [5.41, 5.74) is -3.07. The lowest BCUT2D eigenvalue weighted by Gasteiger charge is -2.48. The zero-order valence-electron chi connectivity index (χ0n) is 22.0. The van der Waals surface area contributed by atoms with E-state index in [1.54, 1.807) is 27.7 Å². The summed E-state index contributed by atoms with van der Waals surface area (Å²) in [5.74, 6) is -1.13. The minimum atomic E-state index is -0.881. The molecule has 0 aromatic rings. The molecule has 0 spiro atoms. The molecule has 0 N–H and O–H groups in total. The van der Waals surface area contributed by atoms with Crippen molar-refractivity contribution in [1.29, 1.82) is 0 Å². The molecule has 192 valence electrons. The maximum absolute atomic E-state index is 12.3. The molecule has 1 fully saturated rings. The summed E-state index contributed by atoms with van der Waals surface area (Å²) < 4.78 is 33.2. The fraction of sp³-hybridized carbons (Fsp3) is 0.875. The lowest BCUT2D eigenvalue weighted by molar-refractivity contribution is -0.427. The minimum Gasteiger partial charge on any atom is -0.469 e. The summed E-state index contributed by atoms with van der Waals surface area (Å²) in [6.07, 6.45) is -1.75. The summed E-state index contributed by atoms with van der Waals surface area (Å²) in [6.45, 7) is 14.6. The molecule has 0 saturated carbocycles. The maximum Gasteiger partial charge on any atom is 0.311 e. The van der Waals surface area contributed by atoms with Gasteiger partial charge in [0.25, 0.3) is 0 Å². The highest BCUT2D eigenvalue weighted by Crippen LogP contribution is 2.45. The highest BCUT2D eigenvalue weighted by atomic mass is 16.9. The fourth-order valence-corrected chi connectivity index (χ4v) is 4.19. The topological polar surface area (TPSA) is 107 Å². The van der Waals surface area contributed by atoms with E-state index in [1.165, 1.54) is 21.3 Å². The second kappa shape index (κ2) is 10.7. The first kappa shape index (κ1) is 29.3. The van der Waals surface area contributed by atoms with Crippen LogP contribution < -0.4 is 0 Å². The third-order valence-electron chi connectivity index (χ3n) is 5.95. The summed E-state index contributed by atoms with van der Waals surface area (Å²) in [6, 6.07) is 0. The van der Waals surface area contributed by atoms with Crippen LogP contribution in [-0.4, -0.2) is 58.1 Å². The molecule has 0 aromatic heterocycles. The van der Waals surface area contributed by atoms with Crippen LogP contribution in [0.25, 0.3) is 0 Å². The van der Waals surface area contributed by atoms with Crippen molar-refractivity contribution >= 4 is 17.9 Å². The normalized spacial score (nSPS) is 22.5. The van der Waals surface area contributed by atoms with Crippen molar-refractivity contribution in [3.8, 4) is 0 Å². The third-order valence-corrected chi connectivity index (χ3v) is 5.95. The van der Waals surface area contributed by atoms with Gasteiger partial charge in [-0.2, -0.15) is 0 Å². The molecule has 0 amide bonds. The predicted molar refractivity (Wildman–Crippen MR) is 120 cm³/mol. The van der Waals surface area contributed by atoms with E-state index >= 15 is 0 Å². The van der Waals surface area contributed by atoms with Gasteiger partial charge in [0.1, 0.15) is 0 Å². The lowest BCUT2D eigenvalue weighted by Crippen LogP contribution is -2.54. The van der Waals surface area contributed by atoms with Gasteiger partial charge in [-0.3, -0.25) is 14.4 Å². The van der Waals surface area contributed by atoms with Crippen molar-refractivity contribution in [2.45, 2.75) is 93.5 Å². The average molecular weight is 475 g/mol. The zero-order chi connectivity index (χ0) is 25.8. The van der Waals surface area contributed by atoms with Crippen molar-refractivity contribution < 1.29 is 42.8 Å². The van der Waals surface area contributed by atoms with E-state index in [2.05, 4.69) is 0 Å².